The average molecular weight is 296 g/mol. The zero-order valence-corrected chi connectivity index (χ0v) is 12.2. The van der Waals surface area contributed by atoms with E-state index in [1.807, 2.05) is 36.6 Å². The summed E-state index contributed by atoms with van der Waals surface area (Å²) in [5, 5.41) is 17.6. The van der Waals surface area contributed by atoms with Crippen LogP contribution in [-0.2, 0) is 6.54 Å². The van der Waals surface area contributed by atoms with Gasteiger partial charge < -0.3 is 15.7 Å². The van der Waals surface area contributed by atoms with Gasteiger partial charge in [0.2, 0.25) is 0 Å². The molecule has 2 rings (SSSR count). The molecule has 1 unspecified atom stereocenters. The highest BCUT2D eigenvalue weighted by atomic mass is 32.1. The molecular formula is C13H16N2O2S2. The number of hydrogen-bond donors (Lipinski definition) is 3. The Kier molecular flexibility index (Phi) is 4.95. The van der Waals surface area contributed by atoms with Gasteiger partial charge in [-0.2, -0.15) is 0 Å². The van der Waals surface area contributed by atoms with Crippen molar-refractivity contribution in [3.8, 4) is 0 Å². The molecule has 102 valence electrons. The lowest BCUT2D eigenvalue weighted by molar-refractivity contribution is 0.228. The third kappa shape index (κ3) is 3.79. The molecule has 0 aliphatic carbocycles. The molecule has 6 heteroatoms. The number of aliphatic hydroxyl groups excluding tert-OH is 1. The monoisotopic (exact) mass is 296 g/mol. The van der Waals surface area contributed by atoms with Crippen LogP contribution in [0.4, 0.5) is 4.79 Å². The predicted molar refractivity (Wildman–Crippen MR) is 78.6 cm³/mol. The van der Waals surface area contributed by atoms with Gasteiger partial charge in [0.05, 0.1) is 6.54 Å². The van der Waals surface area contributed by atoms with Gasteiger partial charge >= 0.3 is 6.03 Å². The second kappa shape index (κ2) is 6.70. The Balaban J connectivity index is 1.94. The zero-order chi connectivity index (χ0) is 13.7. The first-order valence-corrected chi connectivity index (χ1v) is 7.72. The molecule has 0 aromatic carbocycles. The maximum atomic E-state index is 11.3. The minimum Gasteiger partial charge on any atom is -0.382 e. The van der Waals surface area contributed by atoms with E-state index < -0.39 is 6.10 Å². The highest BCUT2D eigenvalue weighted by molar-refractivity contribution is 7.12. The van der Waals surface area contributed by atoms with Crippen molar-refractivity contribution in [3.63, 3.8) is 0 Å². The standard InChI is InChI=1S/C13H16N2O2S2/c1-2-14-13(17)15-8-9-5-6-11(19-9)12(16)10-4-3-7-18-10/h3-7,12,16H,2,8H2,1H3,(H2,14,15,17). The molecule has 19 heavy (non-hydrogen) atoms. The lowest BCUT2D eigenvalue weighted by atomic mass is 10.2. The summed E-state index contributed by atoms with van der Waals surface area (Å²) in [4.78, 5) is 14.1. The third-order valence-corrected chi connectivity index (χ3v) is 4.59. The number of hydrogen-bond acceptors (Lipinski definition) is 4. The van der Waals surface area contributed by atoms with Gasteiger partial charge in [-0.3, -0.25) is 0 Å². The van der Waals surface area contributed by atoms with E-state index in [1.165, 1.54) is 22.7 Å². The van der Waals surface area contributed by atoms with Gasteiger partial charge in [-0.25, -0.2) is 4.79 Å². The second-order valence-electron chi connectivity index (χ2n) is 3.94. The van der Waals surface area contributed by atoms with Gasteiger partial charge in [-0.05, 0) is 30.5 Å². The van der Waals surface area contributed by atoms with Crippen molar-refractivity contribution < 1.29 is 9.90 Å². The summed E-state index contributed by atoms with van der Waals surface area (Å²) in [6.45, 7) is 2.96. The van der Waals surface area contributed by atoms with Crippen LogP contribution in [0.3, 0.4) is 0 Å². The van der Waals surface area contributed by atoms with Crippen molar-refractivity contribution in [3.05, 3.63) is 44.3 Å². The molecule has 3 N–H and O–H groups in total. The van der Waals surface area contributed by atoms with Crippen molar-refractivity contribution in [2.45, 2.75) is 19.6 Å². The van der Waals surface area contributed by atoms with Crippen LogP contribution >= 0.6 is 22.7 Å². The fourth-order valence-corrected chi connectivity index (χ4v) is 3.37. The van der Waals surface area contributed by atoms with Gasteiger partial charge in [0, 0.05) is 21.2 Å². The minimum atomic E-state index is -0.566. The maximum Gasteiger partial charge on any atom is 0.315 e. The molecule has 0 aliphatic rings. The molecule has 0 saturated carbocycles. The van der Waals surface area contributed by atoms with E-state index >= 15 is 0 Å². The normalized spacial score (nSPS) is 12.1. The van der Waals surface area contributed by atoms with E-state index in [0.717, 1.165) is 14.6 Å². The molecule has 2 aromatic heterocycles. The van der Waals surface area contributed by atoms with Crippen LogP contribution < -0.4 is 10.6 Å². The number of nitrogens with one attached hydrogen (secondary N) is 2. The smallest absolute Gasteiger partial charge is 0.315 e. The lowest BCUT2D eigenvalue weighted by Crippen LogP contribution is -2.34. The number of thiophene rings is 2. The first kappa shape index (κ1) is 14.0. The fourth-order valence-electron chi connectivity index (χ4n) is 1.61. The topological polar surface area (TPSA) is 61.4 Å². The Labute approximate surface area is 120 Å². The second-order valence-corrected chi connectivity index (χ2v) is 6.11. The fraction of sp³-hybridized carbons (Fsp3) is 0.308. The van der Waals surface area contributed by atoms with E-state index in [9.17, 15) is 9.90 Å². The molecule has 0 bridgehead atoms. The van der Waals surface area contributed by atoms with E-state index in [0.29, 0.717) is 13.1 Å². The first-order valence-electron chi connectivity index (χ1n) is 6.02. The molecule has 0 saturated heterocycles. The van der Waals surface area contributed by atoms with Crippen LogP contribution in [0.25, 0.3) is 0 Å². The number of rotatable bonds is 5. The summed E-state index contributed by atoms with van der Waals surface area (Å²) >= 11 is 3.05. The van der Waals surface area contributed by atoms with Gasteiger partial charge in [0.1, 0.15) is 6.10 Å². The highest BCUT2D eigenvalue weighted by Crippen LogP contribution is 2.30. The summed E-state index contributed by atoms with van der Waals surface area (Å²) in [5.74, 6) is 0. The Morgan fingerprint density at radius 2 is 2.16 bits per heavy atom. The molecule has 2 heterocycles. The Hall–Kier alpha value is -1.37. The van der Waals surface area contributed by atoms with Crippen molar-refractivity contribution in [1.82, 2.24) is 10.6 Å². The lowest BCUT2D eigenvalue weighted by Gasteiger charge is -2.05. The molecule has 0 aliphatic heterocycles. The van der Waals surface area contributed by atoms with Gasteiger partial charge in [-0.15, -0.1) is 22.7 Å². The van der Waals surface area contributed by atoms with Crippen molar-refractivity contribution in [1.29, 1.82) is 0 Å². The third-order valence-electron chi connectivity index (χ3n) is 2.53. The van der Waals surface area contributed by atoms with Crippen LogP contribution in [0.2, 0.25) is 0 Å². The van der Waals surface area contributed by atoms with Crippen molar-refractivity contribution in [2.24, 2.45) is 0 Å². The van der Waals surface area contributed by atoms with Gasteiger partial charge in [0.25, 0.3) is 0 Å². The number of carbonyl (C=O) groups is 1. The summed E-state index contributed by atoms with van der Waals surface area (Å²) in [6.07, 6.45) is -0.566. The summed E-state index contributed by atoms with van der Waals surface area (Å²) in [5.41, 5.74) is 0. The number of urea groups is 1. The largest absolute Gasteiger partial charge is 0.382 e. The maximum absolute atomic E-state index is 11.3. The van der Waals surface area contributed by atoms with E-state index in [1.54, 1.807) is 0 Å². The summed E-state index contributed by atoms with van der Waals surface area (Å²) in [6, 6.07) is 7.51. The Morgan fingerprint density at radius 1 is 1.32 bits per heavy atom. The van der Waals surface area contributed by atoms with Gasteiger partial charge in [-0.1, -0.05) is 6.07 Å². The summed E-state index contributed by atoms with van der Waals surface area (Å²) < 4.78 is 0. The van der Waals surface area contributed by atoms with Crippen LogP contribution in [0.15, 0.2) is 29.6 Å². The summed E-state index contributed by atoms with van der Waals surface area (Å²) in [7, 11) is 0. The molecule has 0 spiro atoms. The Morgan fingerprint density at radius 3 is 2.84 bits per heavy atom. The zero-order valence-electron chi connectivity index (χ0n) is 10.6. The molecule has 2 aromatic rings. The van der Waals surface area contributed by atoms with Crippen LogP contribution in [0.5, 0.6) is 0 Å². The quantitative estimate of drug-likeness (QED) is 0.794. The molecule has 2 amide bonds. The van der Waals surface area contributed by atoms with Crippen molar-refractivity contribution in [2.75, 3.05) is 6.54 Å². The minimum absolute atomic E-state index is 0.170. The van der Waals surface area contributed by atoms with Crippen LogP contribution in [0, 0.1) is 0 Å². The van der Waals surface area contributed by atoms with Gasteiger partial charge in [0.15, 0.2) is 0 Å². The average Bonchev–Trinajstić information content (AvgIpc) is 3.07. The van der Waals surface area contributed by atoms with E-state index in [2.05, 4.69) is 10.6 Å². The number of amides is 2. The SMILES string of the molecule is CCNC(=O)NCc1ccc(C(O)c2cccs2)s1. The number of aliphatic hydroxyl groups is 1. The molecule has 1 atom stereocenters. The van der Waals surface area contributed by atoms with Crippen LogP contribution in [0.1, 0.15) is 27.7 Å². The molecule has 4 nitrogen and oxygen atoms in total. The molecule has 0 radical (unpaired) electrons. The van der Waals surface area contributed by atoms with E-state index in [4.69, 9.17) is 0 Å². The highest BCUT2D eigenvalue weighted by Gasteiger charge is 2.14. The number of carbonyl (C=O) groups excluding carboxylic acids is 1. The van der Waals surface area contributed by atoms with E-state index in [-0.39, 0.29) is 6.03 Å². The van der Waals surface area contributed by atoms with Crippen LogP contribution in [-0.4, -0.2) is 17.7 Å². The first-order chi connectivity index (χ1) is 9.20. The molecular weight excluding hydrogens is 280 g/mol. The predicted octanol–water partition coefficient (Wildman–Crippen LogP) is 2.71. The van der Waals surface area contributed by atoms with Crippen molar-refractivity contribution >= 4 is 28.7 Å². The molecule has 0 fully saturated rings. The Bertz CT molecular complexity index is 522.